The number of carbonyl (C=O) groups is 1. The highest BCUT2D eigenvalue weighted by atomic mass is 16.5. The highest BCUT2D eigenvalue weighted by molar-refractivity contribution is 6.00. The molecule has 2 unspecified atom stereocenters. The lowest BCUT2D eigenvalue weighted by molar-refractivity contribution is 0.0952. The number of para-hydroxylation sites is 1. The van der Waals surface area contributed by atoms with Gasteiger partial charge in [-0.1, -0.05) is 13.0 Å². The van der Waals surface area contributed by atoms with E-state index in [2.05, 4.69) is 12.2 Å². The summed E-state index contributed by atoms with van der Waals surface area (Å²) in [4.78, 5) is 11.9. The number of amides is 1. The van der Waals surface area contributed by atoms with Gasteiger partial charge in [-0.25, -0.2) is 0 Å². The van der Waals surface area contributed by atoms with Crippen molar-refractivity contribution in [3.63, 3.8) is 0 Å². The number of nitrogens with one attached hydrogen (secondary N) is 1. The molecule has 2 atom stereocenters. The number of anilines is 1. The summed E-state index contributed by atoms with van der Waals surface area (Å²) in [6.45, 7) is 2.92. The second-order valence-corrected chi connectivity index (χ2v) is 4.60. The number of nitrogens with two attached hydrogens (primary N) is 1. The van der Waals surface area contributed by atoms with Crippen LogP contribution in [0.1, 0.15) is 23.7 Å². The number of benzene rings is 1. The van der Waals surface area contributed by atoms with Crippen molar-refractivity contribution in [2.75, 3.05) is 19.4 Å². The predicted octanol–water partition coefficient (Wildman–Crippen LogP) is 1.66. The molecule has 4 nitrogen and oxygen atoms in total. The average molecular weight is 234 g/mol. The molecule has 0 bridgehead atoms. The van der Waals surface area contributed by atoms with E-state index in [1.807, 2.05) is 0 Å². The molecule has 2 rings (SSSR count). The summed E-state index contributed by atoms with van der Waals surface area (Å²) in [6.07, 6.45) is 1.20. The highest BCUT2D eigenvalue weighted by Crippen LogP contribution is 2.36. The molecule has 0 radical (unpaired) electrons. The lowest BCUT2D eigenvalue weighted by atomic mass is 10.1. The van der Waals surface area contributed by atoms with Crippen LogP contribution in [0.3, 0.4) is 0 Å². The minimum Gasteiger partial charge on any atom is -0.495 e. The van der Waals surface area contributed by atoms with Crippen molar-refractivity contribution >= 4 is 11.6 Å². The van der Waals surface area contributed by atoms with Gasteiger partial charge in [0.05, 0.1) is 18.4 Å². The van der Waals surface area contributed by atoms with Gasteiger partial charge in [-0.05, 0) is 30.4 Å². The van der Waals surface area contributed by atoms with E-state index >= 15 is 0 Å². The molecule has 1 aromatic carbocycles. The summed E-state index contributed by atoms with van der Waals surface area (Å²) < 4.78 is 5.09. The average Bonchev–Trinajstić information content (AvgIpc) is 3.03. The second-order valence-electron chi connectivity index (χ2n) is 4.60. The molecule has 92 valence electrons. The Bertz CT molecular complexity index is 431. The minimum absolute atomic E-state index is 0.125. The number of hydrogen-bond donors (Lipinski definition) is 2. The standard InChI is InChI=1S/C13H18N2O2/c1-8-6-9(8)7-15-13(16)10-4-3-5-11(17-2)12(10)14/h3-5,8-9H,6-7,14H2,1-2H3,(H,15,16). The van der Waals surface area contributed by atoms with E-state index in [9.17, 15) is 4.79 Å². The van der Waals surface area contributed by atoms with Gasteiger partial charge < -0.3 is 15.8 Å². The number of nitrogen functional groups attached to an aromatic ring is 1. The number of rotatable bonds is 4. The Morgan fingerprint density at radius 2 is 2.29 bits per heavy atom. The van der Waals surface area contributed by atoms with E-state index in [0.29, 0.717) is 22.9 Å². The highest BCUT2D eigenvalue weighted by Gasteiger charge is 2.32. The zero-order valence-corrected chi connectivity index (χ0v) is 10.2. The number of carbonyl (C=O) groups excluding carboxylic acids is 1. The molecular weight excluding hydrogens is 216 g/mol. The van der Waals surface area contributed by atoms with Crippen molar-refractivity contribution in [3.05, 3.63) is 23.8 Å². The molecule has 3 N–H and O–H groups in total. The fraction of sp³-hybridized carbons (Fsp3) is 0.462. The van der Waals surface area contributed by atoms with Crippen LogP contribution in [0.25, 0.3) is 0 Å². The molecule has 1 aromatic rings. The number of hydrogen-bond acceptors (Lipinski definition) is 3. The number of ether oxygens (including phenoxy) is 1. The Labute approximate surface area is 101 Å². The van der Waals surface area contributed by atoms with E-state index < -0.39 is 0 Å². The number of methoxy groups -OCH3 is 1. The molecule has 1 saturated carbocycles. The lowest BCUT2D eigenvalue weighted by Gasteiger charge is -2.10. The van der Waals surface area contributed by atoms with E-state index in [1.165, 1.54) is 6.42 Å². The van der Waals surface area contributed by atoms with Crippen LogP contribution in [0, 0.1) is 11.8 Å². The minimum atomic E-state index is -0.125. The summed E-state index contributed by atoms with van der Waals surface area (Å²) in [5.41, 5.74) is 6.74. The Balaban J connectivity index is 2.03. The zero-order chi connectivity index (χ0) is 12.4. The first kappa shape index (κ1) is 11.8. The Morgan fingerprint density at radius 1 is 1.59 bits per heavy atom. The third-order valence-electron chi connectivity index (χ3n) is 3.33. The molecule has 4 heteroatoms. The zero-order valence-electron chi connectivity index (χ0n) is 10.2. The van der Waals surface area contributed by atoms with Crippen molar-refractivity contribution in [1.82, 2.24) is 5.32 Å². The van der Waals surface area contributed by atoms with Crippen LogP contribution in [0.2, 0.25) is 0 Å². The van der Waals surface area contributed by atoms with Crippen molar-refractivity contribution in [1.29, 1.82) is 0 Å². The maximum atomic E-state index is 11.9. The van der Waals surface area contributed by atoms with Gasteiger partial charge in [-0.2, -0.15) is 0 Å². The lowest BCUT2D eigenvalue weighted by Crippen LogP contribution is -2.26. The van der Waals surface area contributed by atoms with Crippen molar-refractivity contribution in [2.45, 2.75) is 13.3 Å². The third kappa shape index (κ3) is 2.52. The van der Waals surface area contributed by atoms with Crippen molar-refractivity contribution in [2.24, 2.45) is 11.8 Å². The summed E-state index contributed by atoms with van der Waals surface area (Å²) in [7, 11) is 1.54. The molecule has 1 aliphatic rings. The van der Waals surface area contributed by atoms with Crippen LogP contribution >= 0.6 is 0 Å². The summed E-state index contributed by atoms with van der Waals surface area (Å²) in [5.74, 6) is 1.78. The summed E-state index contributed by atoms with van der Waals surface area (Å²) >= 11 is 0. The normalized spacial score (nSPS) is 22.0. The first-order valence-electron chi connectivity index (χ1n) is 5.84. The second kappa shape index (κ2) is 4.65. The SMILES string of the molecule is COc1cccc(C(=O)NCC2CC2C)c1N. The Hall–Kier alpha value is -1.71. The molecule has 0 aliphatic heterocycles. The fourth-order valence-electron chi connectivity index (χ4n) is 1.92. The molecule has 0 aromatic heterocycles. The van der Waals surface area contributed by atoms with Crippen LogP contribution in [-0.2, 0) is 0 Å². The van der Waals surface area contributed by atoms with Gasteiger partial charge in [-0.15, -0.1) is 0 Å². The monoisotopic (exact) mass is 234 g/mol. The summed E-state index contributed by atoms with van der Waals surface area (Å²) in [5, 5.41) is 2.91. The van der Waals surface area contributed by atoms with Gasteiger partial charge >= 0.3 is 0 Å². The molecule has 1 aliphatic carbocycles. The van der Waals surface area contributed by atoms with E-state index in [4.69, 9.17) is 10.5 Å². The van der Waals surface area contributed by atoms with Gasteiger partial charge in [0, 0.05) is 6.54 Å². The Kier molecular flexibility index (Phi) is 3.22. The first-order chi connectivity index (χ1) is 8.13. The Morgan fingerprint density at radius 3 is 2.88 bits per heavy atom. The summed E-state index contributed by atoms with van der Waals surface area (Å²) in [6, 6.07) is 5.22. The van der Waals surface area contributed by atoms with Gasteiger partial charge in [0.25, 0.3) is 5.91 Å². The van der Waals surface area contributed by atoms with Crippen LogP contribution < -0.4 is 15.8 Å². The predicted molar refractivity (Wildman–Crippen MR) is 67.0 cm³/mol. The fourth-order valence-corrected chi connectivity index (χ4v) is 1.92. The van der Waals surface area contributed by atoms with Gasteiger partial charge in [0.1, 0.15) is 5.75 Å². The van der Waals surface area contributed by atoms with Crippen LogP contribution in [0.5, 0.6) is 5.75 Å². The molecule has 17 heavy (non-hydrogen) atoms. The largest absolute Gasteiger partial charge is 0.495 e. The molecule has 0 heterocycles. The van der Waals surface area contributed by atoms with Gasteiger partial charge in [0.2, 0.25) is 0 Å². The van der Waals surface area contributed by atoms with Gasteiger partial charge in [0.15, 0.2) is 0 Å². The molecule has 0 spiro atoms. The van der Waals surface area contributed by atoms with Crippen LogP contribution in [-0.4, -0.2) is 19.6 Å². The topological polar surface area (TPSA) is 64.3 Å². The van der Waals surface area contributed by atoms with Crippen LogP contribution in [0.15, 0.2) is 18.2 Å². The quantitative estimate of drug-likeness (QED) is 0.779. The smallest absolute Gasteiger partial charge is 0.253 e. The first-order valence-corrected chi connectivity index (χ1v) is 5.84. The van der Waals surface area contributed by atoms with Crippen molar-refractivity contribution < 1.29 is 9.53 Å². The van der Waals surface area contributed by atoms with E-state index in [1.54, 1.807) is 25.3 Å². The third-order valence-corrected chi connectivity index (χ3v) is 3.33. The van der Waals surface area contributed by atoms with Crippen LogP contribution in [0.4, 0.5) is 5.69 Å². The van der Waals surface area contributed by atoms with E-state index in [-0.39, 0.29) is 5.91 Å². The van der Waals surface area contributed by atoms with Gasteiger partial charge in [-0.3, -0.25) is 4.79 Å². The van der Waals surface area contributed by atoms with E-state index in [0.717, 1.165) is 12.5 Å². The maximum Gasteiger partial charge on any atom is 0.253 e. The molecule has 0 saturated heterocycles. The van der Waals surface area contributed by atoms with Crippen molar-refractivity contribution in [3.8, 4) is 5.75 Å². The maximum absolute atomic E-state index is 11.9. The molecule has 1 amide bonds. The molecule has 1 fully saturated rings. The molecular formula is C13H18N2O2.